The zero-order valence-electron chi connectivity index (χ0n) is 16.9. The number of rotatable bonds is 6. The summed E-state index contributed by atoms with van der Waals surface area (Å²) in [7, 11) is 1.66. The number of hydrogen-bond acceptors (Lipinski definition) is 6. The molecule has 156 valence electrons. The van der Waals surface area contributed by atoms with Gasteiger partial charge in [-0.1, -0.05) is 42.1 Å². The van der Waals surface area contributed by atoms with Crippen LogP contribution in [0.3, 0.4) is 0 Å². The maximum Gasteiger partial charge on any atom is 0.271 e. The number of benzene rings is 2. The fourth-order valence-corrected chi connectivity index (χ4v) is 4.87. The third-order valence-electron chi connectivity index (χ3n) is 4.68. The van der Waals surface area contributed by atoms with Gasteiger partial charge in [-0.05, 0) is 42.8 Å². The van der Waals surface area contributed by atoms with Crippen LogP contribution in [0.15, 0.2) is 70.6 Å². The molecule has 0 atom stereocenters. The lowest BCUT2D eigenvalue weighted by molar-refractivity contribution is -0.113. The Morgan fingerprint density at radius 2 is 1.81 bits per heavy atom. The zero-order chi connectivity index (χ0) is 22.0. The molecule has 2 aromatic carbocycles. The van der Waals surface area contributed by atoms with E-state index in [4.69, 9.17) is 0 Å². The summed E-state index contributed by atoms with van der Waals surface area (Å²) in [6.45, 7) is 1.49. The van der Waals surface area contributed by atoms with Crippen LogP contribution in [0.25, 0.3) is 20.7 Å². The van der Waals surface area contributed by atoms with Gasteiger partial charge in [0.05, 0.1) is 11.3 Å². The van der Waals surface area contributed by atoms with Crippen LogP contribution in [-0.4, -0.2) is 27.0 Å². The number of thioether (sulfide) groups is 1. The van der Waals surface area contributed by atoms with E-state index >= 15 is 0 Å². The highest BCUT2D eigenvalue weighted by molar-refractivity contribution is 7.99. The molecule has 4 rings (SSSR count). The fraction of sp³-hybridized carbons (Fsp3) is 0.130. The Bertz CT molecular complexity index is 1330. The van der Waals surface area contributed by atoms with Crippen molar-refractivity contribution in [2.45, 2.75) is 12.1 Å². The van der Waals surface area contributed by atoms with Crippen molar-refractivity contribution in [1.29, 1.82) is 0 Å². The Kier molecular flexibility index (Phi) is 6.01. The molecular formula is C23H19N3O3S2. The maximum absolute atomic E-state index is 12.8. The number of fused-ring (bicyclic) bond motifs is 1. The molecule has 0 fully saturated rings. The van der Waals surface area contributed by atoms with Gasteiger partial charge in [0.2, 0.25) is 5.91 Å². The van der Waals surface area contributed by atoms with E-state index in [1.165, 1.54) is 34.6 Å². The normalized spacial score (nSPS) is 10.9. The van der Waals surface area contributed by atoms with E-state index in [2.05, 4.69) is 10.3 Å². The Balaban J connectivity index is 1.50. The van der Waals surface area contributed by atoms with Gasteiger partial charge in [0, 0.05) is 23.2 Å². The topological polar surface area (TPSA) is 81.1 Å². The smallest absolute Gasteiger partial charge is 0.271 e. The zero-order valence-corrected chi connectivity index (χ0v) is 18.5. The Morgan fingerprint density at radius 1 is 1.10 bits per heavy atom. The monoisotopic (exact) mass is 449 g/mol. The molecule has 31 heavy (non-hydrogen) atoms. The lowest BCUT2D eigenvalue weighted by Gasteiger charge is -2.08. The molecule has 1 amide bonds. The third kappa shape index (κ3) is 4.60. The molecule has 8 heteroatoms. The van der Waals surface area contributed by atoms with E-state index in [1.54, 1.807) is 31.3 Å². The van der Waals surface area contributed by atoms with Gasteiger partial charge in [-0.3, -0.25) is 19.0 Å². The maximum atomic E-state index is 12.8. The van der Waals surface area contributed by atoms with Crippen molar-refractivity contribution in [3.05, 3.63) is 76.6 Å². The van der Waals surface area contributed by atoms with Crippen LogP contribution < -0.4 is 10.9 Å². The van der Waals surface area contributed by atoms with Gasteiger partial charge in [0.1, 0.15) is 4.70 Å². The number of carbonyl (C=O) groups excluding carboxylic acids is 2. The number of carbonyl (C=O) groups is 2. The molecule has 6 nitrogen and oxygen atoms in total. The van der Waals surface area contributed by atoms with Gasteiger partial charge in [-0.2, -0.15) is 0 Å². The summed E-state index contributed by atoms with van der Waals surface area (Å²) in [6.07, 6.45) is 0. The van der Waals surface area contributed by atoms with Gasteiger partial charge in [-0.25, -0.2) is 4.98 Å². The van der Waals surface area contributed by atoms with Crippen molar-refractivity contribution < 1.29 is 9.59 Å². The van der Waals surface area contributed by atoms with Crippen LogP contribution in [0.5, 0.6) is 0 Å². The predicted molar refractivity (Wildman–Crippen MR) is 126 cm³/mol. The number of aromatic nitrogens is 2. The number of Topliss-reactive ketones (excluding diaryl/α,β-unsaturated/α-hetero) is 1. The van der Waals surface area contributed by atoms with Gasteiger partial charge in [-0.15, -0.1) is 11.3 Å². The summed E-state index contributed by atoms with van der Waals surface area (Å²) in [5.74, 6) is -0.138. The molecule has 2 heterocycles. The van der Waals surface area contributed by atoms with Crippen molar-refractivity contribution in [3.63, 3.8) is 0 Å². The lowest BCUT2D eigenvalue weighted by Crippen LogP contribution is -2.20. The number of thiophene rings is 1. The summed E-state index contributed by atoms with van der Waals surface area (Å²) in [4.78, 5) is 42.1. The van der Waals surface area contributed by atoms with Gasteiger partial charge < -0.3 is 5.32 Å². The summed E-state index contributed by atoms with van der Waals surface area (Å²) < 4.78 is 2.08. The number of hydrogen-bond donors (Lipinski definition) is 1. The van der Waals surface area contributed by atoms with Crippen LogP contribution >= 0.6 is 23.1 Å². The molecule has 4 aromatic rings. The molecule has 0 aliphatic heterocycles. The minimum atomic E-state index is -0.217. The van der Waals surface area contributed by atoms with E-state index in [-0.39, 0.29) is 23.0 Å². The molecule has 2 aromatic heterocycles. The van der Waals surface area contributed by atoms with E-state index in [9.17, 15) is 14.4 Å². The van der Waals surface area contributed by atoms with Crippen molar-refractivity contribution >= 4 is 50.7 Å². The molecule has 0 bridgehead atoms. The second kappa shape index (κ2) is 8.87. The molecular weight excluding hydrogens is 430 g/mol. The second-order valence-electron chi connectivity index (χ2n) is 6.92. The van der Waals surface area contributed by atoms with Crippen LogP contribution in [0.1, 0.15) is 17.3 Å². The number of anilines is 1. The molecule has 0 spiro atoms. The van der Waals surface area contributed by atoms with Crippen molar-refractivity contribution in [1.82, 2.24) is 9.55 Å². The van der Waals surface area contributed by atoms with Crippen LogP contribution in [0, 0.1) is 0 Å². The van der Waals surface area contributed by atoms with Crippen LogP contribution in [-0.2, 0) is 11.8 Å². The number of nitrogens with zero attached hydrogens (tertiary/aromatic N) is 2. The first-order chi connectivity index (χ1) is 14.9. The standard InChI is InChI=1S/C23H19N3O3S2/c1-14(27)15-8-10-17(11-9-15)24-20(28)13-30-23-25-18-12-19(16-6-4-3-5-7-16)31-21(18)22(29)26(23)2/h3-12H,13H2,1-2H3,(H,24,28). The first kappa shape index (κ1) is 21.0. The van der Waals surface area contributed by atoms with E-state index < -0.39 is 0 Å². The summed E-state index contributed by atoms with van der Waals surface area (Å²) in [5.41, 5.74) is 2.75. The number of nitrogens with one attached hydrogen (secondary N) is 1. The number of amides is 1. The Hall–Kier alpha value is -3.23. The van der Waals surface area contributed by atoms with Crippen LogP contribution in [0.2, 0.25) is 0 Å². The van der Waals surface area contributed by atoms with E-state index in [0.29, 0.717) is 26.6 Å². The highest BCUT2D eigenvalue weighted by atomic mass is 32.2. The SMILES string of the molecule is CC(=O)c1ccc(NC(=O)CSc2nc3cc(-c4ccccc4)sc3c(=O)n2C)cc1. The molecule has 0 unspecified atom stereocenters. The highest BCUT2D eigenvalue weighted by Crippen LogP contribution is 2.31. The van der Waals surface area contributed by atoms with E-state index in [1.807, 2.05) is 36.4 Å². The molecule has 1 N–H and O–H groups in total. The molecule has 0 aliphatic carbocycles. The van der Waals surface area contributed by atoms with E-state index in [0.717, 1.165) is 10.4 Å². The summed E-state index contributed by atoms with van der Waals surface area (Å²) in [5, 5.41) is 3.27. The van der Waals surface area contributed by atoms with Crippen molar-refractivity contribution in [2.24, 2.45) is 7.05 Å². The van der Waals surface area contributed by atoms with Crippen molar-refractivity contribution in [3.8, 4) is 10.4 Å². The third-order valence-corrected chi connectivity index (χ3v) is 6.87. The summed E-state index contributed by atoms with van der Waals surface area (Å²) in [6, 6.07) is 18.5. The minimum absolute atomic E-state index is 0.0281. The second-order valence-corrected chi connectivity index (χ2v) is 8.91. The fourth-order valence-electron chi connectivity index (χ4n) is 3.02. The Labute approximate surface area is 186 Å². The predicted octanol–water partition coefficient (Wildman–Crippen LogP) is 4.60. The lowest BCUT2D eigenvalue weighted by atomic mass is 10.1. The van der Waals surface area contributed by atoms with Crippen LogP contribution in [0.4, 0.5) is 5.69 Å². The average Bonchev–Trinajstić information content (AvgIpc) is 3.20. The molecule has 0 saturated heterocycles. The summed E-state index contributed by atoms with van der Waals surface area (Å²) >= 11 is 2.63. The van der Waals surface area contributed by atoms with Gasteiger partial charge in [0.15, 0.2) is 10.9 Å². The average molecular weight is 450 g/mol. The minimum Gasteiger partial charge on any atom is -0.325 e. The largest absolute Gasteiger partial charge is 0.325 e. The molecule has 0 aliphatic rings. The molecule has 0 radical (unpaired) electrons. The number of ketones is 1. The molecule has 0 saturated carbocycles. The highest BCUT2D eigenvalue weighted by Gasteiger charge is 2.14. The Morgan fingerprint density at radius 3 is 2.48 bits per heavy atom. The first-order valence-corrected chi connectivity index (χ1v) is 11.3. The van der Waals surface area contributed by atoms with Crippen molar-refractivity contribution in [2.75, 3.05) is 11.1 Å². The quantitative estimate of drug-likeness (QED) is 0.264. The first-order valence-electron chi connectivity index (χ1n) is 9.52. The van der Waals surface area contributed by atoms with Gasteiger partial charge >= 0.3 is 0 Å². The van der Waals surface area contributed by atoms with Gasteiger partial charge in [0.25, 0.3) is 5.56 Å².